The molecule has 1 aromatic rings. The summed E-state index contributed by atoms with van der Waals surface area (Å²) in [5.41, 5.74) is 2.23. The second kappa shape index (κ2) is 9.54. The van der Waals surface area contributed by atoms with Gasteiger partial charge in [0.1, 0.15) is 0 Å². The van der Waals surface area contributed by atoms with E-state index in [-0.39, 0.29) is 34.2 Å². The minimum absolute atomic E-state index is 0.0699. The summed E-state index contributed by atoms with van der Waals surface area (Å²) >= 11 is 1.80. The van der Waals surface area contributed by atoms with Crippen LogP contribution < -0.4 is 21.1 Å². The van der Waals surface area contributed by atoms with Gasteiger partial charge in [-0.1, -0.05) is 19.1 Å². The zero-order valence-electron chi connectivity index (χ0n) is 18.1. The molecule has 1 aromatic carbocycles. The van der Waals surface area contributed by atoms with Crippen molar-refractivity contribution in [1.29, 1.82) is 0 Å². The maximum Gasteiger partial charge on any atom is 0.238 e. The van der Waals surface area contributed by atoms with E-state index in [2.05, 4.69) is 22.9 Å². The van der Waals surface area contributed by atoms with E-state index in [9.17, 15) is 18.0 Å². The number of carbonyl (C=O) groups is 2. The zero-order chi connectivity index (χ0) is 22.9. The topological polar surface area (TPSA) is 130 Å². The molecule has 0 saturated carbocycles. The molecule has 0 aromatic heterocycles. The molecule has 2 aliphatic heterocycles. The Morgan fingerprint density at radius 3 is 2.75 bits per heavy atom. The van der Waals surface area contributed by atoms with Gasteiger partial charge in [0.2, 0.25) is 21.8 Å². The van der Waals surface area contributed by atoms with Crippen molar-refractivity contribution in [1.82, 2.24) is 16.0 Å². The molecule has 5 N–H and O–H groups in total. The van der Waals surface area contributed by atoms with Crippen LogP contribution in [0.4, 0.5) is 0 Å². The Balaban J connectivity index is 1.20. The van der Waals surface area contributed by atoms with E-state index in [0.717, 1.165) is 24.8 Å². The van der Waals surface area contributed by atoms with Crippen molar-refractivity contribution in [2.24, 2.45) is 17.0 Å². The zero-order valence-corrected chi connectivity index (χ0v) is 19.7. The lowest BCUT2D eigenvalue weighted by Crippen LogP contribution is -2.59. The van der Waals surface area contributed by atoms with Crippen LogP contribution in [0.5, 0.6) is 0 Å². The molecule has 1 fully saturated rings. The van der Waals surface area contributed by atoms with E-state index in [4.69, 9.17) is 5.14 Å². The van der Waals surface area contributed by atoms with Crippen molar-refractivity contribution in [2.75, 3.05) is 6.54 Å². The van der Waals surface area contributed by atoms with Gasteiger partial charge in [-0.05, 0) is 66.2 Å². The third kappa shape index (κ3) is 5.36. The first-order valence-electron chi connectivity index (χ1n) is 11.0. The first-order valence-corrected chi connectivity index (χ1v) is 13.5. The maximum absolute atomic E-state index is 12.7. The lowest BCUT2D eigenvalue weighted by molar-refractivity contribution is -0.128. The molecule has 8 nitrogen and oxygen atoms in total. The van der Waals surface area contributed by atoms with Crippen LogP contribution in [0, 0.1) is 11.8 Å². The molecule has 0 spiro atoms. The van der Waals surface area contributed by atoms with Gasteiger partial charge >= 0.3 is 0 Å². The molecular formula is C22H30N4O4S2. The van der Waals surface area contributed by atoms with E-state index < -0.39 is 10.0 Å². The third-order valence-electron chi connectivity index (χ3n) is 6.36. The molecule has 4 atom stereocenters. The van der Waals surface area contributed by atoms with Crippen LogP contribution in [-0.4, -0.2) is 38.3 Å². The molecule has 3 aliphatic rings. The van der Waals surface area contributed by atoms with Crippen LogP contribution in [0.15, 0.2) is 39.6 Å². The maximum atomic E-state index is 12.7. The third-order valence-corrected chi connectivity index (χ3v) is 8.66. The van der Waals surface area contributed by atoms with Gasteiger partial charge in [0.05, 0.1) is 22.4 Å². The number of nitrogens with two attached hydrogens (primary N) is 1. The van der Waals surface area contributed by atoms with Gasteiger partial charge in [-0.3, -0.25) is 14.9 Å². The second-order valence-electron chi connectivity index (χ2n) is 8.87. The Morgan fingerprint density at radius 1 is 1.28 bits per heavy atom. The highest BCUT2D eigenvalue weighted by Crippen LogP contribution is 2.50. The molecule has 4 rings (SSSR count). The van der Waals surface area contributed by atoms with Crippen molar-refractivity contribution in [2.45, 2.75) is 61.9 Å². The quantitative estimate of drug-likeness (QED) is 0.471. The van der Waals surface area contributed by atoms with Gasteiger partial charge in [0.25, 0.3) is 0 Å². The van der Waals surface area contributed by atoms with Crippen LogP contribution in [-0.2, 0) is 26.0 Å². The van der Waals surface area contributed by atoms with Crippen molar-refractivity contribution >= 4 is 33.6 Å². The standard InChI is InChI=1S/C22H30N4O4S2/c1-13-2-7-16-17(12-13)31-22-20(16)21(28)25-18(26-22)8-9-19(27)24-11-10-14-3-5-15(6-4-14)32(23,29)30/h3-6,13,18,20,22,26H,2,7-12H2,1H3,(H,24,27)(H,25,28)(H2,23,29,30). The fourth-order valence-electron chi connectivity index (χ4n) is 4.59. The van der Waals surface area contributed by atoms with Gasteiger partial charge in [0.15, 0.2) is 0 Å². The Kier molecular flexibility index (Phi) is 6.94. The Hall–Kier alpha value is -1.88. The minimum Gasteiger partial charge on any atom is -0.356 e. The van der Waals surface area contributed by atoms with E-state index >= 15 is 0 Å². The first kappa shape index (κ1) is 23.3. The molecule has 2 heterocycles. The number of benzene rings is 1. The summed E-state index contributed by atoms with van der Waals surface area (Å²) in [6.07, 6.45) is 4.46. The molecule has 0 bridgehead atoms. The molecule has 0 radical (unpaired) electrons. The van der Waals surface area contributed by atoms with Crippen molar-refractivity contribution in [3.8, 4) is 0 Å². The average Bonchev–Trinajstić information content (AvgIpc) is 3.09. The molecule has 2 amide bonds. The van der Waals surface area contributed by atoms with Gasteiger partial charge in [-0.25, -0.2) is 13.6 Å². The monoisotopic (exact) mass is 478 g/mol. The molecule has 1 saturated heterocycles. The fourth-order valence-corrected chi connectivity index (χ4v) is 6.83. The summed E-state index contributed by atoms with van der Waals surface area (Å²) in [6, 6.07) is 6.31. The van der Waals surface area contributed by atoms with Crippen LogP contribution in [0.2, 0.25) is 0 Å². The van der Waals surface area contributed by atoms with E-state index in [1.165, 1.54) is 22.6 Å². The van der Waals surface area contributed by atoms with Gasteiger partial charge < -0.3 is 10.6 Å². The highest BCUT2D eigenvalue weighted by Gasteiger charge is 2.45. The second-order valence-corrected chi connectivity index (χ2v) is 11.7. The number of amides is 2. The highest BCUT2D eigenvalue weighted by atomic mass is 32.2. The number of hydrogen-bond donors (Lipinski definition) is 4. The number of rotatable bonds is 7. The minimum atomic E-state index is -3.70. The van der Waals surface area contributed by atoms with Gasteiger partial charge in [-0.15, -0.1) is 11.8 Å². The lowest BCUT2D eigenvalue weighted by Gasteiger charge is -2.34. The predicted octanol–water partition coefficient (Wildman–Crippen LogP) is 1.58. The Morgan fingerprint density at radius 2 is 2.03 bits per heavy atom. The van der Waals surface area contributed by atoms with E-state index in [1.807, 2.05) is 0 Å². The summed E-state index contributed by atoms with van der Waals surface area (Å²) in [5, 5.41) is 14.6. The summed E-state index contributed by atoms with van der Waals surface area (Å²) in [4.78, 5) is 26.4. The lowest BCUT2D eigenvalue weighted by atomic mass is 9.83. The number of sulfonamides is 1. The van der Waals surface area contributed by atoms with Crippen LogP contribution >= 0.6 is 11.8 Å². The number of carbonyl (C=O) groups excluding carboxylic acids is 2. The smallest absolute Gasteiger partial charge is 0.238 e. The molecule has 4 unspecified atom stereocenters. The Labute approximate surface area is 193 Å². The fraction of sp³-hybridized carbons (Fsp3) is 0.545. The van der Waals surface area contributed by atoms with Crippen molar-refractivity contribution in [3.63, 3.8) is 0 Å². The molecule has 10 heteroatoms. The van der Waals surface area contributed by atoms with Crippen molar-refractivity contribution in [3.05, 3.63) is 40.3 Å². The molecule has 1 aliphatic carbocycles. The van der Waals surface area contributed by atoms with Gasteiger partial charge in [0, 0.05) is 13.0 Å². The van der Waals surface area contributed by atoms with Crippen molar-refractivity contribution < 1.29 is 18.0 Å². The summed E-state index contributed by atoms with van der Waals surface area (Å²) in [5.74, 6) is 0.604. The molecule has 174 valence electrons. The summed E-state index contributed by atoms with van der Waals surface area (Å²) in [6.45, 7) is 2.72. The number of nitrogens with one attached hydrogen (secondary N) is 3. The van der Waals surface area contributed by atoms with Crippen LogP contribution in [0.1, 0.15) is 44.6 Å². The number of allylic oxidation sites excluding steroid dienone is 1. The van der Waals surface area contributed by atoms with E-state index in [1.54, 1.807) is 23.9 Å². The van der Waals surface area contributed by atoms with Crippen LogP contribution in [0.3, 0.4) is 0 Å². The first-order chi connectivity index (χ1) is 15.2. The Bertz CT molecular complexity index is 1020. The summed E-state index contributed by atoms with van der Waals surface area (Å²) < 4.78 is 22.6. The number of fused-ring (bicyclic) bond motifs is 2. The normalized spacial score (nSPS) is 27.5. The molecular weight excluding hydrogens is 448 g/mol. The molecule has 32 heavy (non-hydrogen) atoms. The van der Waals surface area contributed by atoms with E-state index in [0.29, 0.717) is 31.7 Å². The summed E-state index contributed by atoms with van der Waals surface area (Å²) in [7, 11) is -3.70. The average molecular weight is 479 g/mol. The van der Waals surface area contributed by atoms with Gasteiger partial charge in [-0.2, -0.15) is 0 Å². The number of hydrogen-bond acceptors (Lipinski definition) is 6. The largest absolute Gasteiger partial charge is 0.356 e. The number of primary sulfonamides is 1. The highest BCUT2D eigenvalue weighted by molar-refractivity contribution is 8.04. The van der Waals surface area contributed by atoms with Crippen LogP contribution in [0.25, 0.3) is 0 Å². The SMILES string of the molecule is CC1CCC2=C(C1)SC1NC(CCC(=O)NCCc3ccc(S(N)(=O)=O)cc3)NC(=O)C21. The number of thioether (sulfide) groups is 1. The predicted molar refractivity (Wildman–Crippen MR) is 124 cm³/mol.